The number of aromatic nitrogens is 2. The van der Waals surface area contributed by atoms with E-state index in [0.29, 0.717) is 6.04 Å². The molecule has 1 spiro atoms. The van der Waals surface area contributed by atoms with E-state index in [2.05, 4.69) is 22.2 Å². The lowest BCUT2D eigenvalue weighted by molar-refractivity contribution is -0.135. The lowest BCUT2D eigenvalue weighted by Crippen LogP contribution is -2.48. The van der Waals surface area contributed by atoms with Gasteiger partial charge in [-0.25, -0.2) is 9.97 Å². The Bertz CT molecular complexity index is 507. The van der Waals surface area contributed by atoms with E-state index in [-0.39, 0.29) is 5.60 Å². The van der Waals surface area contributed by atoms with Crippen molar-refractivity contribution in [1.82, 2.24) is 9.97 Å². The maximum Gasteiger partial charge on any atom is 0.133 e. The molecule has 0 aromatic carbocycles. The molecule has 1 aromatic heterocycles. The van der Waals surface area contributed by atoms with E-state index in [1.807, 2.05) is 13.8 Å². The molecule has 21 heavy (non-hydrogen) atoms. The van der Waals surface area contributed by atoms with E-state index < -0.39 is 0 Å². The lowest BCUT2D eigenvalue weighted by Gasteiger charge is -2.43. The standard InChI is InChI=1S/C16H25N3O2/c1-11-12(2)17-13(3)18-15(11)19-14-4-7-21-16(10-14)5-8-20-9-6-16/h14H,4-10H2,1-3H3,(H,17,18,19)/t14-/m1/s1. The van der Waals surface area contributed by atoms with Crippen molar-refractivity contribution in [3.63, 3.8) is 0 Å². The Morgan fingerprint density at radius 2 is 1.86 bits per heavy atom. The highest BCUT2D eigenvalue weighted by atomic mass is 16.5. The van der Waals surface area contributed by atoms with Crippen LogP contribution in [-0.4, -0.2) is 41.4 Å². The van der Waals surface area contributed by atoms with Gasteiger partial charge in [-0.15, -0.1) is 0 Å². The van der Waals surface area contributed by atoms with Crippen molar-refractivity contribution in [3.05, 3.63) is 17.1 Å². The predicted molar refractivity (Wildman–Crippen MR) is 81.6 cm³/mol. The molecule has 2 aliphatic heterocycles. The molecule has 2 fully saturated rings. The highest BCUT2D eigenvalue weighted by Gasteiger charge is 2.39. The second kappa shape index (κ2) is 5.89. The number of rotatable bonds is 2. The maximum absolute atomic E-state index is 6.10. The van der Waals surface area contributed by atoms with Crippen LogP contribution in [0.1, 0.15) is 42.8 Å². The second-order valence-electron chi connectivity index (χ2n) is 6.31. The molecule has 3 rings (SSSR count). The Labute approximate surface area is 126 Å². The minimum absolute atomic E-state index is 0.0131. The van der Waals surface area contributed by atoms with Gasteiger partial charge in [0.25, 0.3) is 0 Å². The number of hydrogen-bond acceptors (Lipinski definition) is 5. The summed E-state index contributed by atoms with van der Waals surface area (Å²) in [6.07, 6.45) is 4.08. The maximum atomic E-state index is 6.10. The summed E-state index contributed by atoms with van der Waals surface area (Å²) in [4.78, 5) is 8.99. The molecular weight excluding hydrogens is 266 g/mol. The molecule has 0 saturated carbocycles. The summed E-state index contributed by atoms with van der Waals surface area (Å²) in [5.74, 6) is 1.81. The fourth-order valence-corrected chi connectivity index (χ4v) is 3.35. The van der Waals surface area contributed by atoms with Crippen molar-refractivity contribution in [3.8, 4) is 0 Å². The summed E-state index contributed by atoms with van der Waals surface area (Å²) < 4.78 is 11.6. The highest BCUT2D eigenvalue weighted by Crippen LogP contribution is 2.35. The van der Waals surface area contributed by atoms with Crippen LogP contribution < -0.4 is 5.32 Å². The fourth-order valence-electron chi connectivity index (χ4n) is 3.35. The molecular formula is C16H25N3O2. The zero-order chi connectivity index (χ0) is 14.9. The van der Waals surface area contributed by atoms with Gasteiger partial charge in [0.2, 0.25) is 0 Å². The van der Waals surface area contributed by atoms with Crippen molar-refractivity contribution in [2.24, 2.45) is 0 Å². The first-order chi connectivity index (χ1) is 10.1. The molecule has 0 unspecified atom stereocenters. The molecule has 5 nitrogen and oxygen atoms in total. The zero-order valence-corrected chi connectivity index (χ0v) is 13.2. The van der Waals surface area contributed by atoms with Gasteiger partial charge in [-0.2, -0.15) is 0 Å². The molecule has 3 heterocycles. The van der Waals surface area contributed by atoms with Crippen molar-refractivity contribution in [2.75, 3.05) is 25.1 Å². The summed E-state index contributed by atoms with van der Waals surface area (Å²) in [5.41, 5.74) is 2.21. The van der Waals surface area contributed by atoms with E-state index in [4.69, 9.17) is 9.47 Å². The average Bonchev–Trinajstić information content (AvgIpc) is 2.45. The van der Waals surface area contributed by atoms with E-state index >= 15 is 0 Å². The Morgan fingerprint density at radius 1 is 1.10 bits per heavy atom. The molecule has 2 aliphatic rings. The van der Waals surface area contributed by atoms with E-state index in [1.165, 1.54) is 0 Å². The number of hydrogen-bond donors (Lipinski definition) is 1. The smallest absolute Gasteiger partial charge is 0.133 e. The largest absolute Gasteiger partial charge is 0.381 e. The number of anilines is 1. The molecule has 1 N–H and O–H groups in total. The molecule has 0 radical (unpaired) electrons. The van der Waals surface area contributed by atoms with Crippen LogP contribution in [0, 0.1) is 20.8 Å². The summed E-state index contributed by atoms with van der Waals surface area (Å²) in [6.45, 7) is 8.52. The minimum Gasteiger partial charge on any atom is -0.381 e. The van der Waals surface area contributed by atoms with Crippen molar-refractivity contribution in [2.45, 2.75) is 58.1 Å². The average molecular weight is 291 g/mol. The SMILES string of the molecule is Cc1nc(C)c(C)c(N[C@@H]2CCOC3(CCOCC3)C2)n1. The summed E-state index contributed by atoms with van der Waals surface area (Å²) in [5, 5.41) is 3.63. The molecule has 1 aromatic rings. The summed E-state index contributed by atoms with van der Waals surface area (Å²) >= 11 is 0. The monoisotopic (exact) mass is 291 g/mol. The quantitative estimate of drug-likeness (QED) is 0.907. The number of nitrogens with zero attached hydrogens (tertiary/aromatic N) is 2. The van der Waals surface area contributed by atoms with Gasteiger partial charge in [0.1, 0.15) is 11.6 Å². The lowest BCUT2D eigenvalue weighted by atomic mass is 9.84. The Balaban J connectivity index is 1.73. The van der Waals surface area contributed by atoms with Gasteiger partial charge >= 0.3 is 0 Å². The van der Waals surface area contributed by atoms with Gasteiger partial charge in [-0.05, 0) is 46.5 Å². The Kier molecular flexibility index (Phi) is 4.13. The van der Waals surface area contributed by atoms with Crippen LogP contribution in [0.25, 0.3) is 0 Å². The van der Waals surface area contributed by atoms with Crippen LogP contribution in [-0.2, 0) is 9.47 Å². The van der Waals surface area contributed by atoms with E-state index in [0.717, 1.165) is 68.4 Å². The van der Waals surface area contributed by atoms with Gasteiger partial charge in [0.05, 0.1) is 5.60 Å². The summed E-state index contributed by atoms with van der Waals surface area (Å²) in [7, 11) is 0. The number of nitrogens with one attached hydrogen (secondary N) is 1. The van der Waals surface area contributed by atoms with Gasteiger partial charge in [0, 0.05) is 37.1 Å². The van der Waals surface area contributed by atoms with Gasteiger partial charge in [-0.3, -0.25) is 0 Å². The van der Waals surface area contributed by atoms with Gasteiger partial charge < -0.3 is 14.8 Å². The van der Waals surface area contributed by atoms with Gasteiger partial charge in [0.15, 0.2) is 0 Å². The van der Waals surface area contributed by atoms with Gasteiger partial charge in [-0.1, -0.05) is 0 Å². The van der Waals surface area contributed by atoms with Crippen molar-refractivity contribution < 1.29 is 9.47 Å². The van der Waals surface area contributed by atoms with Crippen LogP contribution in [0.5, 0.6) is 0 Å². The van der Waals surface area contributed by atoms with Crippen molar-refractivity contribution >= 4 is 5.82 Å². The first-order valence-corrected chi connectivity index (χ1v) is 7.88. The van der Waals surface area contributed by atoms with E-state index in [1.54, 1.807) is 0 Å². The Hall–Kier alpha value is -1.20. The first kappa shape index (κ1) is 14.7. The third kappa shape index (κ3) is 3.19. The number of ether oxygens (including phenoxy) is 2. The minimum atomic E-state index is 0.0131. The molecule has 0 bridgehead atoms. The van der Waals surface area contributed by atoms with Crippen LogP contribution in [0.15, 0.2) is 0 Å². The van der Waals surface area contributed by atoms with Crippen LogP contribution in [0.4, 0.5) is 5.82 Å². The molecule has 0 amide bonds. The van der Waals surface area contributed by atoms with Crippen LogP contribution >= 0.6 is 0 Å². The second-order valence-corrected chi connectivity index (χ2v) is 6.31. The third-order valence-corrected chi connectivity index (χ3v) is 4.74. The third-order valence-electron chi connectivity index (χ3n) is 4.74. The summed E-state index contributed by atoms with van der Waals surface area (Å²) in [6, 6.07) is 0.421. The normalized spacial score (nSPS) is 25.0. The number of aryl methyl sites for hydroxylation is 2. The van der Waals surface area contributed by atoms with Crippen LogP contribution in [0.3, 0.4) is 0 Å². The zero-order valence-electron chi connectivity index (χ0n) is 13.2. The fraction of sp³-hybridized carbons (Fsp3) is 0.750. The van der Waals surface area contributed by atoms with Crippen LogP contribution in [0.2, 0.25) is 0 Å². The molecule has 0 aliphatic carbocycles. The topological polar surface area (TPSA) is 56.3 Å². The first-order valence-electron chi connectivity index (χ1n) is 7.88. The van der Waals surface area contributed by atoms with E-state index in [9.17, 15) is 0 Å². The molecule has 1 atom stereocenters. The predicted octanol–water partition coefficient (Wildman–Crippen LogP) is 2.54. The molecule has 2 saturated heterocycles. The molecule has 5 heteroatoms. The Morgan fingerprint density at radius 3 is 2.62 bits per heavy atom. The van der Waals surface area contributed by atoms with Crippen molar-refractivity contribution in [1.29, 1.82) is 0 Å². The highest BCUT2D eigenvalue weighted by molar-refractivity contribution is 5.46. The molecule has 116 valence electrons.